The van der Waals surface area contributed by atoms with E-state index in [2.05, 4.69) is 20.3 Å². The third kappa shape index (κ3) is 5.01. The maximum absolute atomic E-state index is 13.4. The Kier molecular flexibility index (Phi) is 5.55. The Hall–Kier alpha value is -3.07. The maximum atomic E-state index is 13.4. The van der Waals surface area contributed by atoms with Crippen molar-refractivity contribution in [1.29, 1.82) is 0 Å². The molecule has 0 atom stereocenters. The largest absolute Gasteiger partial charge is 0.496 e. The van der Waals surface area contributed by atoms with Crippen LogP contribution in [0.4, 0.5) is 16.0 Å². The molecule has 2 aromatic heterocycles. The molecule has 0 aliphatic carbocycles. The summed E-state index contributed by atoms with van der Waals surface area (Å²) in [6.45, 7) is 1.78. The molecular weight excluding hydrogens is 383 g/mol. The number of aryl methyl sites for hydroxylation is 1. The molecule has 3 aromatic rings. The molecule has 0 fully saturated rings. The molecule has 0 saturated carbocycles. The normalized spacial score (nSPS) is 11.3. The summed E-state index contributed by atoms with van der Waals surface area (Å²) in [5.74, 6) is 0.797. The third-order valence-electron chi connectivity index (χ3n) is 3.80. The summed E-state index contributed by atoms with van der Waals surface area (Å²) >= 11 is 0. The average molecular weight is 402 g/mol. The van der Waals surface area contributed by atoms with E-state index in [4.69, 9.17) is 4.74 Å². The number of rotatable bonds is 6. The molecule has 0 amide bonds. The predicted molar refractivity (Wildman–Crippen MR) is 105 cm³/mol. The summed E-state index contributed by atoms with van der Waals surface area (Å²) in [4.78, 5) is 12.8. The Balaban J connectivity index is 1.92. The zero-order chi connectivity index (χ0) is 20.3. The van der Waals surface area contributed by atoms with E-state index >= 15 is 0 Å². The SMILES string of the molecule is COc1cc(F)ccc1-c1cc(Nc2cc(CS(C)(=O)=O)cc(C)n2)ncn1. The number of benzene rings is 1. The van der Waals surface area contributed by atoms with Gasteiger partial charge in [0.25, 0.3) is 0 Å². The van der Waals surface area contributed by atoms with Crippen LogP contribution in [0.2, 0.25) is 0 Å². The van der Waals surface area contributed by atoms with Gasteiger partial charge in [-0.25, -0.2) is 27.8 Å². The van der Waals surface area contributed by atoms with E-state index in [1.165, 1.54) is 31.8 Å². The van der Waals surface area contributed by atoms with Crippen LogP contribution in [0, 0.1) is 12.7 Å². The van der Waals surface area contributed by atoms with Crippen molar-refractivity contribution in [2.45, 2.75) is 12.7 Å². The highest BCUT2D eigenvalue weighted by molar-refractivity contribution is 7.89. The van der Waals surface area contributed by atoms with E-state index < -0.39 is 15.7 Å². The van der Waals surface area contributed by atoms with Gasteiger partial charge in [0.15, 0.2) is 9.84 Å². The van der Waals surface area contributed by atoms with Crippen LogP contribution in [0.15, 0.2) is 42.7 Å². The highest BCUT2D eigenvalue weighted by atomic mass is 32.2. The Bertz CT molecular complexity index is 1120. The van der Waals surface area contributed by atoms with Crippen molar-refractivity contribution in [2.24, 2.45) is 0 Å². The predicted octanol–water partition coefficient (Wildman–Crippen LogP) is 3.28. The first-order valence-electron chi connectivity index (χ1n) is 8.32. The number of nitrogens with zero attached hydrogens (tertiary/aromatic N) is 3. The second kappa shape index (κ2) is 7.89. The molecule has 0 saturated heterocycles. The van der Waals surface area contributed by atoms with Crippen molar-refractivity contribution in [3.63, 3.8) is 0 Å². The number of aromatic nitrogens is 3. The average Bonchev–Trinajstić information content (AvgIpc) is 2.59. The van der Waals surface area contributed by atoms with Crippen molar-refractivity contribution in [3.8, 4) is 17.0 Å². The third-order valence-corrected chi connectivity index (χ3v) is 4.66. The van der Waals surface area contributed by atoms with Gasteiger partial charge in [-0.3, -0.25) is 0 Å². The van der Waals surface area contributed by atoms with Crippen molar-refractivity contribution in [3.05, 3.63) is 59.8 Å². The fourth-order valence-electron chi connectivity index (χ4n) is 2.77. The molecule has 0 unspecified atom stereocenters. The van der Waals surface area contributed by atoms with Gasteiger partial charge in [0.05, 0.1) is 18.6 Å². The van der Waals surface area contributed by atoms with Crippen molar-refractivity contribution in [1.82, 2.24) is 15.0 Å². The summed E-state index contributed by atoms with van der Waals surface area (Å²) in [6.07, 6.45) is 2.55. The number of nitrogens with one attached hydrogen (secondary N) is 1. The molecule has 146 valence electrons. The first-order chi connectivity index (χ1) is 13.2. The first-order valence-corrected chi connectivity index (χ1v) is 10.4. The van der Waals surface area contributed by atoms with E-state index in [1.807, 2.05) is 0 Å². The number of methoxy groups -OCH3 is 1. The summed E-state index contributed by atoms with van der Waals surface area (Å²) in [6, 6.07) is 9.25. The number of halogens is 1. The molecule has 1 N–H and O–H groups in total. The molecule has 9 heteroatoms. The van der Waals surface area contributed by atoms with Gasteiger partial charge in [0.2, 0.25) is 0 Å². The summed E-state index contributed by atoms with van der Waals surface area (Å²) in [5, 5.41) is 3.06. The minimum Gasteiger partial charge on any atom is -0.496 e. The van der Waals surface area contributed by atoms with Gasteiger partial charge in [0.1, 0.15) is 29.5 Å². The number of pyridine rings is 1. The highest BCUT2D eigenvalue weighted by Gasteiger charge is 2.11. The standard InChI is InChI=1S/C19H19FN4O3S/c1-12-6-13(10-28(3,25)26)7-19(23-12)24-18-9-16(21-11-22-18)15-5-4-14(20)8-17(15)27-2/h4-9,11H,10H2,1-3H3,(H,21,22,23,24). The van der Waals surface area contributed by atoms with E-state index in [-0.39, 0.29) is 5.75 Å². The first kappa shape index (κ1) is 19.7. The van der Waals surface area contributed by atoms with Gasteiger partial charge < -0.3 is 10.1 Å². The number of ether oxygens (including phenoxy) is 1. The van der Waals surface area contributed by atoms with Crippen LogP contribution < -0.4 is 10.1 Å². The van der Waals surface area contributed by atoms with Gasteiger partial charge in [-0.2, -0.15) is 0 Å². The van der Waals surface area contributed by atoms with Crippen LogP contribution >= 0.6 is 0 Å². The minimum atomic E-state index is -3.16. The van der Waals surface area contributed by atoms with E-state index in [9.17, 15) is 12.8 Å². The van der Waals surface area contributed by atoms with E-state index in [1.54, 1.807) is 31.2 Å². The van der Waals surface area contributed by atoms with Crippen molar-refractivity contribution in [2.75, 3.05) is 18.7 Å². The van der Waals surface area contributed by atoms with Gasteiger partial charge in [0, 0.05) is 29.6 Å². The molecule has 28 heavy (non-hydrogen) atoms. The molecule has 0 bridgehead atoms. The zero-order valence-electron chi connectivity index (χ0n) is 15.6. The smallest absolute Gasteiger partial charge is 0.151 e. The number of anilines is 2. The lowest BCUT2D eigenvalue weighted by molar-refractivity contribution is 0.413. The lowest BCUT2D eigenvalue weighted by atomic mass is 10.1. The fourth-order valence-corrected chi connectivity index (χ4v) is 3.54. The molecular formula is C19H19FN4O3S. The van der Waals surface area contributed by atoms with E-state index in [0.717, 1.165) is 0 Å². The van der Waals surface area contributed by atoms with Crippen molar-refractivity contribution >= 4 is 21.5 Å². The van der Waals surface area contributed by atoms with Crippen LogP contribution in [-0.2, 0) is 15.6 Å². The van der Waals surface area contributed by atoms with Crippen molar-refractivity contribution < 1.29 is 17.5 Å². The van der Waals surface area contributed by atoms with Gasteiger partial charge in [-0.05, 0) is 36.8 Å². The van der Waals surface area contributed by atoms with Gasteiger partial charge in [-0.15, -0.1) is 0 Å². The monoisotopic (exact) mass is 402 g/mol. The molecule has 1 aromatic carbocycles. The molecule has 3 rings (SSSR count). The Morgan fingerprint density at radius 1 is 1.11 bits per heavy atom. The Labute approximate surface area is 162 Å². The van der Waals surface area contributed by atoms with E-state index in [0.29, 0.717) is 39.9 Å². The summed E-state index contributed by atoms with van der Waals surface area (Å²) in [5.41, 5.74) is 2.47. The maximum Gasteiger partial charge on any atom is 0.151 e. The molecule has 2 heterocycles. The lowest BCUT2D eigenvalue weighted by Crippen LogP contribution is -2.04. The fraction of sp³-hybridized carbons (Fsp3) is 0.211. The van der Waals surface area contributed by atoms with Crippen LogP contribution in [0.25, 0.3) is 11.3 Å². The molecule has 0 radical (unpaired) electrons. The summed E-state index contributed by atoms with van der Waals surface area (Å²) < 4.78 is 41.8. The number of hydrogen-bond donors (Lipinski definition) is 1. The van der Waals surface area contributed by atoms with Gasteiger partial charge in [-0.1, -0.05) is 0 Å². The summed E-state index contributed by atoms with van der Waals surface area (Å²) in [7, 11) is -1.71. The van der Waals surface area contributed by atoms with Crippen LogP contribution in [0.3, 0.4) is 0 Å². The van der Waals surface area contributed by atoms with Crippen LogP contribution in [0.1, 0.15) is 11.3 Å². The quantitative estimate of drug-likeness (QED) is 0.676. The Morgan fingerprint density at radius 3 is 2.61 bits per heavy atom. The van der Waals surface area contributed by atoms with Gasteiger partial charge >= 0.3 is 0 Å². The molecule has 7 nitrogen and oxygen atoms in total. The highest BCUT2D eigenvalue weighted by Crippen LogP contribution is 2.30. The zero-order valence-corrected chi connectivity index (χ0v) is 16.4. The van der Waals surface area contributed by atoms with Crippen LogP contribution in [-0.4, -0.2) is 36.7 Å². The molecule has 0 aliphatic heterocycles. The Morgan fingerprint density at radius 2 is 1.89 bits per heavy atom. The minimum absolute atomic E-state index is 0.0765. The second-order valence-electron chi connectivity index (χ2n) is 6.33. The molecule has 0 aliphatic rings. The number of hydrogen-bond acceptors (Lipinski definition) is 7. The topological polar surface area (TPSA) is 94.1 Å². The second-order valence-corrected chi connectivity index (χ2v) is 8.47. The molecule has 0 spiro atoms. The lowest BCUT2D eigenvalue weighted by Gasteiger charge is -2.11. The van der Waals surface area contributed by atoms with Crippen LogP contribution in [0.5, 0.6) is 5.75 Å². The number of sulfone groups is 1.